The first-order valence-corrected chi connectivity index (χ1v) is 7.48. The minimum atomic E-state index is -0.927. The van der Waals surface area contributed by atoms with Crippen LogP contribution in [-0.2, 0) is 11.2 Å². The van der Waals surface area contributed by atoms with Crippen LogP contribution in [0, 0.1) is 5.82 Å². The lowest BCUT2D eigenvalue weighted by atomic mass is 9.92. The molecule has 0 radical (unpaired) electrons. The van der Waals surface area contributed by atoms with Gasteiger partial charge in [0.1, 0.15) is 5.82 Å². The molecule has 0 heterocycles. The minimum Gasteiger partial charge on any atom is -0.481 e. The molecule has 0 aromatic heterocycles. The summed E-state index contributed by atoms with van der Waals surface area (Å²) in [5, 5.41) is 9.40. The molecule has 20 heavy (non-hydrogen) atoms. The summed E-state index contributed by atoms with van der Waals surface area (Å²) in [7, 11) is 0. The van der Waals surface area contributed by atoms with Crippen LogP contribution in [0.15, 0.2) is 51.4 Å². The molecule has 0 bridgehead atoms. The average molecular weight is 402 g/mol. The Labute approximate surface area is 132 Å². The van der Waals surface area contributed by atoms with Crippen LogP contribution >= 0.6 is 31.9 Å². The van der Waals surface area contributed by atoms with Gasteiger partial charge >= 0.3 is 5.97 Å². The summed E-state index contributed by atoms with van der Waals surface area (Å²) < 4.78 is 14.9. The monoisotopic (exact) mass is 400 g/mol. The van der Waals surface area contributed by atoms with Gasteiger partial charge in [-0.15, -0.1) is 0 Å². The largest absolute Gasteiger partial charge is 0.481 e. The van der Waals surface area contributed by atoms with E-state index in [0.29, 0.717) is 15.6 Å². The molecule has 2 aromatic rings. The highest BCUT2D eigenvalue weighted by molar-refractivity contribution is 9.10. The molecule has 0 aliphatic carbocycles. The Morgan fingerprint density at radius 1 is 1.15 bits per heavy atom. The van der Waals surface area contributed by atoms with Crippen LogP contribution < -0.4 is 0 Å². The standard InChI is InChI=1S/C15H11Br2FO2/c16-11-3-1-9(2-4-11)13(15(19)20)8-10-7-12(18)5-6-14(10)17/h1-7,13H,8H2,(H,19,20). The molecule has 1 unspecified atom stereocenters. The zero-order valence-electron chi connectivity index (χ0n) is 10.3. The lowest BCUT2D eigenvalue weighted by Crippen LogP contribution is -2.14. The van der Waals surface area contributed by atoms with Gasteiger partial charge < -0.3 is 5.11 Å². The highest BCUT2D eigenvalue weighted by Gasteiger charge is 2.21. The molecule has 0 spiro atoms. The molecule has 0 aliphatic heterocycles. The summed E-state index contributed by atoms with van der Waals surface area (Å²) >= 11 is 6.64. The number of rotatable bonds is 4. The predicted octanol–water partition coefficient (Wildman–Crippen LogP) is 4.76. The highest BCUT2D eigenvalue weighted by atomic mass is 79.9. The van der Waals surface area contributed by atoms with E-state index in [1.165, 1.54) is 12.1 Å². The molecule has 0 amide bonds. The fraction of sp³-hybridized carbons (Fsp3) is 0.133. The Balaban J connectivity index is 2.32. The fourth-order valence-corrected chi connectivity index (χ4v) is 2.64. The lowest BCUT2D eigenvalue weighted by Gasteiger charge is -2.14. The van der Waals surface area contributed by atoms with Crippen molar-refractivity contribution in [3.63, 3.8) is 0 Å². The predicted molar refractivity (Wildman–Crippen MR) is 82.3 cm³/mol. The van der Waals surface area contributed by atoms with Crippen molar-refractivity contribution in [2.24, 2.45) is 0 Å². The number of carboxylic acid groups (broad SMARTS) is 1. The van der Waals surface area contributed by atoms with Crippen molar-refractivity contribution in [1.29, 1.82) is 0 Å². The van der Waals surface area contributed by atoms with Crippen molar-refractivity contribution in [2.45, 2.75) is 12.3 Å². The zero-order chi connectivity index (χ0) is 14.7. The van der Waals surface area contributed by atoms with Crippen molar-refractivity contribution < 1.29 is 14.3 Å². The van der Waals surface area contributed by atoms with E-state index >= 15 is 0 Å². The van der Waals surface area contributed by atoms with Crippen LogP contribution in [0.25, 0.3) is 0 Å². The lowest BCUT2D eigenvalue weighted by molar-refractivity contribution is -0.138. The average Bonchev–Trinajstić information content (AvgIpc) is 2.40. The molecule has 2 rings (SSSR count). The summed E-state index contributed by atoms with van der Waals surface area (Å²) in [5.41, 5.74) is 1.33. The van der Waals surface area contributed by atoms with Gasteiger partial charge in [0.15, 0.2) is 0 Å². The molecule has 0 saturated heterocycles. The summed E-state index contributed by atoms with van der Waals surface area (Å²) in [6.07, 6.45) is 0.231. The maximum atomic E-state index is 13.3. The Morgan fingerprint density at radius 3 is 2.40 bits per heavy atom. The normalized spacial score (nSPS) is 12.2. The second kappa shape index (κ2) is 6.50. The molecule has 0 aliphatic rings. The second-order valence-corrected chi connectivity index (χ2v) is 6.15. The summed E-state index contributed by atoms with van der Waals surface area (Å²) in [4.78, 5) is 11.5. The van der Waals surface area contributed by atoms with Crippen LogP contribution in [0.1, 0.15) is 17.0 Å². The Bertz CT molecular complexity index is 626. The Hall–Kier alpha value is -1.20. The van der Waals surface area contributed by atoms with Gasteiger partial charge in [-0.25, -0.2) is 4.39 Å². The van der Waals surface area contributed by atoms with Crippen molar-refractivity contribution in [2.75, 3.05) is 0 Å². The number of carboxylic acids is 1. The van der Waals surface area contributed by atoms with Crippen LogP contribution in [0.5, 0.6) is 0 Å². The van der Waals surface area contributed by atoms with Crippen LogP contribution in [-0.4, -0.2) is 11.1 Å². The van der Waals surface area contributed by atoms with E-state index in [1.807, 2.05) is 0 Å². The minimum absolute atomic E-state index is 0.231. The van der Waals surface area contributed by atoms with Gasteiger partial charge in [-0.05, 0) is 47.9 Å². The van der Waals surface area contributed by atoms with Gasteiger partial charge in [-0.3, -0.25) is 4.79 Å². The van der Waals surface area contributed by atoms with Gasteiger partial charge in [0.25, 0.3) is 0 Å². The third kappa shape index (κ3) is 3.67. The molecular formula is C15H11Br2FO2. The van der Waals surface area contributed by atoms with E-state index in [1.54, 1.807) is 30.3 Å². The second-order valence-electron chi connectivity index (χ2n) is 4.38. The molecule has 1 atom stereocenters. The maximum absolute atomic E-state index is 13.3. The van der Waals surface area contributed by atoms with Gasteiger partial charge in [0, 0.05) is 8.95 Å². The molecule has 2 nitrogen and oxygen atoms in total. The third-order valence-electron chi connectivity index (χ3n) is 3.00. The molecule has 5 heteroatoms. The van der Waals surface area contributed by atoms with Gasteiger partial charge in [0.05, 0.1) is 5.92 Å². The van der Waals surface area contributed by atoms with Gasteiger partial charge in [-0.2, -0.15) is 0 Å². The Morgan fingerprint density at radius 2 is 1.80 bits per heavy atom. The number of benzene rings is 2. The molecule has 104 valence electrons. The zero-order valence-corrected chi connectivity index (χ0v) is 13.5. The van der Waals surface area contributed by atoms with Crippen LogP contribution in [0.3, 0.4) is 0 Å². The fourth-order valence-electron chi connectivity index (χ4n) is 1.96. The van der Waals surface area contributed by atoms with Gasteiger partial charge in [-0.1, -0.05) is 44.0 Å². The molecular weight excluding hydrogens is 391 g/mol. The summed E-state index contributed by atoms with van der Waals surface area (Å²) in [5.74, 6) is -2.01. The van der Waals surface area contributed by atoms with Crippen molar-refractivity contribution in [1.82, 2.24) is 0 Å². The maximum Gasteiger partial charge on any atom is 0.311 e. The summed E-state index contributed by atoms with van der Waals surface area (Å²) in [6, 6.07) is 11.4. The third-order valence-corrected chi connectivity index (χ3v) is 4.30. The van der Waals surface area contributed by atoms with E-state index in [9.17, 15) is 14.3 Å². The highest BCUT2D eigenvalue weighted by Crippen LogP contribution is 2.27. The van der Waals surface area contributed by atoms with E-state index in [0.717, 1.165) is 4.47 Å². The molecule has 0 saturated carbocycles. The first kappa shape index (κ1) is 15.2. The number of halogens is 3. The van der Waals surface area contributed by atoms with Crippen molar-refractivity contribution in [3.05, 3.63) is 68.4 Å². The topological polar surface area (TPSA) is 37.3 Å². The van der Waals surface area contributed by atoms with Gasteiger partial charge in [0.2, 0.25) is 0 Å². The molecule has 1 N–H and O–H groups in total. The van der Waals surface area contributed by atoms with Crippen molar-refractivity contribution >= 4 is 37.8 Å². The first-order valence-electron chi connectivity index (χ1n) is 5.89. The molecule has 2 aromatic carbocycles. The van der Waals surface area contributed by atoms with E-state index in [4.69, 9.17) is 0 Å². The van der Waals surface area contributed by atoms with Crippen LogP contribution in [0.4, 0.5) is 4.39 Å². The Kier molecular flexibility index (Phi) is 4.94. The quantitative estimate of drug-likeness (QED) is 0.801. The smallest absolute Gasteiger partial charge is 0.311 e. The number of hydrogen-bond donors (Lipinski definition) is 1. The number of aliphatic carboxylic acids is 1. The van der Waals surface area contributed by atoms with E-state index < -0.39 is 11.9 Å². The van der Waals surface area contributed by atoms with E-state index in [-0.39, 0.29) is 12.2 Å². The van der Waals surface area contributed by atoms with Crippen LogP contribution in [0.2, 0.25) is 0 Å². The number of carbonyl (C=O) groups is 1. The SMILES string of the molecule is O=C(O)C(Cc1cc(F)ccc1Br)c1ccc(Br)cc1. The summed E-state index contributed by atoms with van der Waals surface area (Å²) in [6.45, 7) is 0. The van der Waals surface area contributed by atoms with E-state index in [2.05, 4.69) is 31.9 Å². The first-order chi connectivity index (χ1) is 9.47. The number of hydrogen-bond acceptors (Lipinski definition) is 1. The van der Waals surface area contributed by atoms with Crippen molar-refractivity contribution in [3.8, 4) is 0 Å². The molecule has 0 fully saturated rings.